The molecular formula is C29H34F3N8O3-. The van der Waals surface area contributed by atoms with Crippen molar-refractivity contribution in [3.05, 3.63) is 41.3 Å². The number of likely N-dealkylation sites (N-methyl/N-ethyl adjacent to an activating group) is 1. The molecule has 3 aromatic rings. The van der Waals surface area contributed by atoms with Crippen LogP contribution in [0.2, 0.25) is 0 Å². The summed E-state index contributed by atoms with van der Waals surface area (Å²) in [5.41, 5.74) is 2.43. The van der Waals surface area contributed by atoms with Gasteiger partial charge >= 0.3 is 6.18 Å². The molecule has 6 heterocycles. The average molecular weight is 600 g/mol. The molecule has 14 heteroatoms. The van der Waals surface area contributed by atoms with Crippen LogP contribution in [0.15, 0.2) is 24.5 Å². The summed E-state index contributed by atoms with van der Waals surface area (Å²) in [7, 11) is 3.54. The molecule has 2 aromatic heterocycles. The molecule has 2 fully saturated rings. The number of fused-ring (bicyclic) bond motifs is 2. The zero-order valence-electron chi connectivity index (χ0n) is 24.2. The summed E-state index contributed by atoms with van der Waals surface area (Å²) < 4.78 is 52.5. The normalized spacial score (nSPS) is 20.3. The van der Waals surface area contributed by atoms with Crippen molar-refractivity contribution in [1.29, 1.82) is 0 Å². The van der Waals surface area contributed by atoms with Crippen molar-refractivity contribution in [3.8, 4) is 11.1 Å². The monoisotopic (exact) mass is 599 g/mol. The number of carbonyl (C=O) groups excluding carboxylic acids is 1. The number of rotatable bonds is 4. The third-order valence-corrected chi connectivity index (χ3v) is 9.36. The molecule has 1 amide bonds. The Hall–Kier alpha value is -3.78. The van der Waals surface area contributed by atoms with E-state index in [0.29, 0.717) is 54.9 Å². The van der Waals surface area contributed by atoms with Crippen molar-refractivity contribution in [2.45, 2.75) is 44.1 Å². The number of alkyl halides is 3. The number of piperidine rings is 1. The molecule has 0 atom stereocenters. The number of aromatic nitrogens is 4. The molecule has 43 heavy (non-hydrogen) atoms. The maximum Gasteiger partial charge on any atom is 0.417 e. The van der Waals surface area contributed by atoms with Crippen LogP contribution in [0.4, 0.5) is 35.2 Å². The Labute approximate surface area is 247 Å². The molecule has 1 aromatic carbocycles. The number of carboxylic acid groups (broad SMARTS) is 1. The van der Waals surface area contributed by atoms with Gasteiger partial charge in [0.25, 0.3) is 0 Å². The number of nitrogens with zero attached hydrogens (tertiary/aromatic N) is 8. The molecular weight excluding hydrogens is 565 g/mol. The van der Waals surface area contributed by atoms with Gasteiger partial charge in [-0.05, 0) is 30.5 Å². The van der Waals surface area contributed by atoms with Crippen LogP contribution in [-0.2, 0) is 30.9 Å². The van der Waals surface area contributed by atoms with E-state index < -0.39 is 17.8 Å². The fourth-order valence-electron chi connectivity index (χ4n) is 6.88. The van der Waals surface area contributed by atoms with Gasteiger partial charge in [-0.3, -0.25) is 14.3 Å². The van der Waals surface area contributed by atoms with Crippen molar-refractivity contribution < 1.29 is 27.8 Å². The van der Waals surface area contributed by atoms with Crippen molar-refractivity contribution >= 4 is 23.3 Å². The SMILES string of the molecule is CN1CCN(c2nn(C3CCN(C4COC4)CC3)c3c2CN(C(=O)[O-])CC3)c2cc(C(F)(F)F)c(-c3cnn(C)c3)cc21. The molecule has 0 radical (unpaired) electrons. The van der Waals surface area contributed by atoms with Gasteiger partial charge in [0.15, 0.2) is 5.82 Å². The molecule has 4 aliphatic heterocycles. The smallest absolute Gasteiger partial charge is 0.417 e. The van der Waals surface area contributed by atoms with E-state index in [0.717, 1.165) is 50.4 Å². The van der Waals surface area contributed by atoms with Crippen molar-refractivity contribution in [2.24, 2.45) is 7.05 Å². The van der Waals surface area contributed by atoms with E-state index >= 15 is 0 Å². The van der Waals surface area contributed by atoms with Crippen LogP contribution in [0, 0.1) is 0 Å². The first-order valence-corrected chi connectivity index (χ1v) is 14.7. The number of likely N-dealkylation sites (tertiary alicyclic amines) is 1. The predicted molar refractivity (Wildman–Crippen MR) is 150 cm³/mol. The highest BCUT2D eigenvalue weighted by atomic mass is 19.4. The maximum absolute atomic E-state index is 14.5. The van der Waals surface area contributed by atoms with E-state index in [9.17, 15) is 23.1 Å². The van der Waals surface area contributed by atoms with Crippen LogP contribution >= 0.6 is 0 Å². The number of anilines is 3. The van der Waals surface area contributed by atoms with Gasteiger partial charge in [0, 0.05) is 82.8 Å². The standard InChI is InChI=1S/C29H35F3N8O3/c1-35-9-10-39(26-12-23(29(30,31)32)21(11-25(26)35)18-13-33-36(2)14-18)27-22-15-38(28(41)42)8-5-24(22)40(34-27)19-3-6-37(7-4-19)20-16-43-17-20/h11-14,19-20H,3-10,15-17H2,1-2H3,(H,41,42)/p-1. The summed E-state index contributed by atoms with van der Waals surface area (Å²) in [4.78, 5) is 19.4. The Bertz CT molecular complexity index is 1540. The lowest BCUT2D eigenvalue weighted by atomic mass is 9.97. The first kappa shape index (κ1) is 28.0. The first-order valence-electron chi connectivity index (χ1n) is 14.7. The van der Waals surface area contributed by atoms with E-state index in [1.807, 2.05) is 21.5 Å². The van der Waals surface area contributed by atoms with Gasteiger partial charge in [-0.1, -0.05) is 0 Å². The molecule has 0 unspecified atom stereocenters. The topological polar surface area (TPSA) is 98.0 Å². The second-order valence-corrected chi connectivity index (χ2v) is 11.9. The number of carbonyl (C=O) groups is 1. The lowest BCUT2D eigenvalue weighted by molar-refractivity contribution is -0.266. The third kappa shape index (κ3) is 4.89. The van der Waals surface area contributed by atoms with Crippen LogP contribution in [0.3, 0.4) is 0 Å². The van der Waals surface area contributed by atoms with E-state index in [1.54, 1.807) is 19.3 Å². The molecule has 0 aliphatic carbocycles. The summed E-state index contributed by atoms with van der Waals surface area (Å²) in [6.07, 6.45) is -0.603. The predicted octanol–water partition coefficient (Wildman–Crippen LogP) is 2.63. The Morgan fingerprint density at radius 3 is 2.42 bits per heavy atom. The average Bonchev–Trinajstić information content (AvgIpc) is 3.55. The highest BCUT2D eigenvalue weighted by molar-refractivity contribution is 5.86. The summed E-state index contributed by atoms with van der Waals surface area (Å²) in [6.45, 7) is 4.69. The number of hydrogen-bond acceptors (Lipinski definition) is 8. The van der Waals surface area contributed by atoms with Gasteiger partial charge in [-0.25, -0.2) is 0 Å². The summed E-state index contributed by atoms with van der Waals surface area (Å²) >= 11 is 0. The number of halogens is 3. The van der Waals surface area contributed by atoms with E-state index in [4.69, 9.17) is 9.84 Å². The molecule has 0 spiro atoms. The molecule has 230 valence electrons. The second-order valence-electron chi connectivity index (χ2n) is 11.9. The number of benzene rings is 1. The van der Waals surface area contributed by atoms with Crippen LogP contribution in [0.1, 0.15) is 35.7 Å². The van der Waals surface area contributed by atoms with E-state index in [2.05, 4.69) is 10.00 Å². The minimum Gasteiger partial charge on any atom is -0.530 e. The van der Waals surface area contributed by atoms with Crippen molar-refractivity contribution in [1.82, 2.24) is 29.4 Å². The molecule has 0 N–H and O–H groups in total. The van der Waals surface area contributed by atoms with E-state index in [-0.39, 0.29) is 18.2 Å². The highest BCUT2D eigenvalue weighted by Crippen LogP contribution is 2.47. The van der Waals surface area contributed by atoms with Crippen LogP contribution < -0.4 is 14.9 Å². The Kier molecular flexibility index (Phi) is 6.80. The van der Waals surface area contributed by atoms with Crippen molar-refractivity contribution in [2.75, 3.05) is 62.8 Å². The Balaban J connectivity index is 1.31. The molecule has 11 nitrogen and oxygen atoms in total. The zero-order valence-corrected chi connectivity index (χ0v) is 24.2. The molecule has 4 aliphatic rings. The Morgan fingerprint density at radius 2 is 1.79 bits per heavy atom. The molecule has 0 saturated carbocycles. The molecule has 2 saturated heterocycles. The van der Waals surface area contributed by atoms with Crippen LogP contribution in [0.5, 0.6) is 0 Å². The quantitative estimate of drug-likeness (QED) is 0.452. The van der Waals surface area contributed by atoms with Gasteiger partial charge in [0.05, 0.1) is 48.4 Å². The van der Waals surface area contributed by atoms with Gasteiger partial charge in [0.2, 0.25) is 0 Å². The summed E-state index contributed by atoms with van der Waals surface area (Å²) in [6, 6.07) is 3.37. The zero-order chi connectivity index (χ0) is 30.0. The maximum atomic E-state index is 14.5. The number of aryl methyl sites for hydroxylation is 1. The van der Waals surface area contributed by atoms with Gasteiger partial charge in [-0.2, -0.15) is 23.4 Å². The van der Waals surface area contributed by atoms with E-state index in [1.165, 1.54) is 21.8 Å². The fourth-order valence-corrected chi connectivity index (χ4v) is 6.88. The number of amides is 1. The third-order valence-electron chi connectivity index (χ3n) is 9.36. The lowest BCUT2D eigenvalue weighted by Gasteiger charge is -2.41. The van der Waals surface area contributed by atoms with Gasteiger partial charge < -0.3 is 29.3 Å². The molecule has 7 rings (SSSR count). The van der Waals surface area contributed by atoms with Crippen LogP contribution in [-0.4, -0.2) is 94.5 Å². The second kappa shape index (κ2) is 10.4. The minimum atomic E-state index is -4.61. The van der Waals surface area contributed by atoms with Gasteiger partial charge in [-0.15, -0.1) is 0 Å². The number of ether oxygens (including phenoxy) is 1. The molecule has 0 bridgehead atoms. The van der Waals surface area contributed by atoms with Crippen LogP contribution in [0.25, 0.3) is 11.1 Å². The fraction of sp³-hybridized carbons (Fsp3) is 0.552. The lowest BCUT2D eigenvalue weighted by Crippen LogP contribution is -2.52. The van der Waals surface area contributed by atoms with Gasteiger partial charge in [0.1, 0.15) is 6.09 Å². The Morgan fingerprint density at radius 1 is 1.02 bits per heavy atom. The van der Waals surface area contributed by atoms with Crippen molar-refractivity contribution in [3.63, 3.8) is 0 Å². The summed E-state index contributed by atoms with van der Waals surface area (Å²) in [5, 5.41) is 21.1. The minimum absolute atomic E-state index is 0.0624. The highest BCUT2D eigenvalue weighted by Gasteiger charge is 2.39. The first-order chi connectivity index (χ1) is 20.6. The summed E-state index contributed by atoms with van der Waals surface area (Å²) in [5.74, 6) is 0.521. The largest absolute Gasteiger partial charge is 0.530 e. The number of hydrogen-bond donors (Lipinski definition) is 0.